The molecule has 2 N–H and O–H groups in total. The van der Waals surface area contributed by atoms with E-state index in [0.717, 1.165) is 16.8 Å². The lowest BCUT2D eigenvalue weighted by molar-refractivity contribution is -0.137. The summed E-state index contributed by atoms with van der Waals surface area (Å²) < 4.78 is 46.0. The zero-order chi connectivity index (χ0) is 25.9. The molecule has 36 heavy (non-hydrogen) atoms. The lowest BCUT2D eigenvalue weighted by atomic mass is 9.94. The highest BCUT2D eigenvalue weighted by Crippen LogP contribution is 2.36. The second-order valence-corrected chi connectivity index (χ2v) is 9.64. The van der Waals surface area contributed by atoms with E-state index in [1.54, 1.807) is 4.90 Å². The Morgan fingerprint density at radius 2 is 1.69 bits per heavy atom. The van der Waals surface area contributed by atoms with E-state index in [4.69, 9.17) is 10.5 Å². The molecular formula is C28H32F3N3O2. The Morgan fingerprint density at radius 3 is 2.39 bits per heavy atom. The average Bonchev–Trinajstić information content (AvgIpc) is 2.86. The highest BCUT2D eigenvalue weighted by atomic mass is 19.4. The van der Waals surface area contributed by atoms with Crippen molar-refractivity contribution in [2.75, 3.05) is 37.7 Å². The molecule has 0 bridgehead atoms. The average molecular weight is 500 g/mol. The number of nitrogens with zero attached hydrogens (tertiary/aromatic N) is 2. The van der Waals surface area contributed by atoms with Crippen LogP contribution in [0.15, 0.2) is 60.7 Å². The lowest BCUT2D eigenvalue weighted by Gasteiger charge is -2.38. The van der Waals surface area contributed by atoms with E-state index in [0.29, 0.717) is 49.6 Å². The molecule has 3 aromatic rings. The summed E-state index contributed by atoms with van der Waals surface area (Å²) in [5.41, 5.74) is 6.86. The number of amides is 1. The Bertz CT molecular complexity index is 1200. The maximum absolute atomic E-state index is 13.4. The summed E-state index contributed by atoms with van der Waals surface area (Å²) in [5, 5.41) is 1.99. The first-order valence-corrected chi connectivity index (χ1v) is 12.2. The molecular weight excluding hydrogens is 467 g/mol. The largest absolute Gasteiger partial charge is 0.483 e. The second kappa shape index (κ2) is 10.8. The van der Waals surface area contributed by atoms with Crippen molar-refractivity contribution in [3.05, 3.63) is 71.8 Å². The predicted octanol–water partition coefficient (Wildman–Crippen LogP) is 5.63. The quantitative estimate of drug-likeness (QED) is 0.458. The molecule has 1 heterocycles. The van der Waals surface area contributed by atoms with E-state index < -0.39 is 17.8 Å². The molecule has 4 rings (SSSR count). The van der Waals surface area contributed by atoms with Gasteiger partial charge in [-0.1, -0.05) is 50.2 Å². The van der Waals surface area contributed by atoms with Crippen LogP contribution in [0.2, 0.25) is 0 Å². The van der Waals surface area contributed by atoms with Crippen molar-refractivity contribution in [1.29, 1.82) is 0 Å². The Kier molecular flexibility index (Phi) is 7.73. The number of rotatable bonds is 7. The van der Waals surface area contributed by atoms with Gasteiger partial charge in [0.2, 0.25) is 0 Å². The number of alkyl halides is 3. The normalized spacial score (nSPS) is 15.4. The van der Waals surface area contributed by atoms with Crippen LogP contribution < -0.4 is 15.4 Å². The molecule has 5 nitrogen and oxygen atoms in total. The Morgan fingerprint density at radius 1 is 1.00 bits per heavy atom. The van der Waals surface area contributed by atoms with Crippen LogP contribution in [0.25, 0.3) is 10.8 Å². The number of nitrogens with two attached hydrogens (primary N) is 1. The van der Waals surface area contributed by atoms with Crippen molar-refractivity contribution < 1.29 is 22.7 Å². The monoisotopic (exact) mass is 499 g/mol. The number of carbonyl (C=O) groups excluding carboxylic acids is 1. The SMILES string of the molecule is CC(C)C[C@H](N)c1cc(C(F)(F)F)ccc1N1CCN(C(=O)COc2cccc3ccccc23)CC1. The molecule has 0 aromatic heterocycles. The van der Waals surface area contributed by atoms with E-state index in [2.05, 4.69) is 0 Å². The molecule has 0 unspecified atom stereocenters. The van der Waals surface area contributed by atoms with Crippen molar-refractivity contribution in [3.63, 3.8) is 0 Å². The molecule has 3 aromatic carbocycles. The van der Waals surface area contributed by atoms with Gasteiger partial charge < -0.3 is 20.3 Å². The molecule has 1 atom stereocenters. The molecule has 8 heteroatoms. The van der Waals surface area contributed by atoms with Gasteiger partial charge in [0.05, 0.1) is 5.56 Å². The number of fused-ring (bicyclic) bond motifs is 1. The van der Waals surface area contributed by atoms with Crippen molar-refractivity contribution in [2.45, 2.75) is 32.5 Å². The van der Waals surface area contributed by atoms with Crippen LogP contribution >= 0.6 is 0 Å². The third-order valence-electron chi connectivity index (χ3n) is 6.55. The van der Waals surface area contributed by atoms with Gasteiger partial charge in [-0.05, 0) is 47.6 Å². The Labute approximate surface area is 209 Å². The fourth-order valence-electron chi connectivity index (χ4n) is 4.70. The molecule has 1 aliphatic rings. The van der Waals surface area contributed by atoms with Crippen molar-refractivity contribution in [3.8, 4) is 5.75 Å². The molecule has 0 radical (unpaired) electrons. The van der Waals surface area contributed by atoms with E-state index in [1.807, 2.05) is 61.2 Å². The summed E-state index contributed by atoms with van der Waals surface area (Å²) >= 11 is 0. The van der Waals surface area contributed by atoms with Crippen molar-refractivity contribution in [2.24, 2.45) is 11.7 Å². The van der Waals surface area contributed by atoms with Gasteiger partial charge in [-0.25, -0.2) is 0 Å². The number of ether oxygens (including phenoxy) is 1. The maximum atomic E-state index is 13.4. The van der Waals surface area contributed by atoms with Gasteiger partial charge in [-0.15, -0.1) is 0 Å². The highest BCUT2D eigenvalue weighted by molar-refractivity contribution is 5.88. The number of hydrogen-bond donors (Lipinski definition) is 1. The van der Waals surface area contributed by atoms with Crippen LogP contribution in [0.5, 0.6) is 5.75 Å². The van der Waals surface area contributed by atoms with Crippen molar-refractivity contribution >= 4 is 22.4 Å². The number of carbonyl (C=O) groups is 1. The number of piperazine rings is 1. The smallest absolute Gasteiger partial charge is 0.416 e. The van der Waals surface area contributed by atoms with Crippen LogP contribution in [0.3, 0.4) is 0 Å². The molecule has 0 aliphatic carbocycles. The Hall–Kier alpha value is -3.26. The van der Waals surface area contributed by atoms with Gasteiger partial charge in [0.1, 0.15) is 5.75 Å². The number of anilines is 1. The summed E-state index contributed by atoms with van der Waals surface area (Å²) in [6.45, 7) is 5.85. The van der Waals surface area contributed by atoms with E-state index in [-0.39, 0.29) is 18.4 Å². The third-order valence-corrected chi connectivity index (χ3v) is 6.55. The van der Waals surface area contributed by atoms with Crippen LogP contribution in [0.1, 0.15) is 37.4 Å². The number of hydrogen-bond acceptors (Lipinski definition) is 4. The fourth-order valence-corrected chi connectivity index (χ4v) is 4.70. The summed E-state index contributed by atoms with van der Waals surface area (Å²) in [6, 6.07) is 16.9. The van der Waals surface area contributed by atoms with Crippen LogP contribution in [0.4, 0.5) is 18.9 Å². The predicted molar refractivity (Wildman–Crippen MR) is 136 cm³/mol. The minimum absolute atomic E-state index is 0.0706. The van der Waals surface area contributed by atoms with Gasteiger partial charge >= 0.3 is 6.18 Å². The maximum Gasteiger partial charge on any atom is 0.416 e. The Balaban J connectivity index is 1.42. The van der Waals surface area contributed by atoms with Crippen LogP contribution in [-0.2, 0) is 11.0 Å². The number of benzene rings is 3. The molecule has 1 aliphatic heterocycles. The lowest BCUT2D eigenvalue weighted by Crippen LogP contribution is -2.50. The van der Waals surface area contributed by atoms with Gasteiger partial charge in [0, 0.05) is 43.3 Å². The topological polar surface area (TPSA) is 58.8 Å². The molecule has 1 amide bonds. The molecule has 1 saturated heterocycles. The summed E-state index contributed by atoms with van der Waals surface area (Å²) in [5.74, 6) is 0.791. The zero-order valence-corrected chi connectivity index (χ0v) is 20.6. The first-order valence-electron chi connectivity index (χ1n) is 12.2. The van der Waals surface area contributed by atoms with Gasteiger partial charge in [0.15, 0.2) is 6.61 Å². The molecule has 0 saturated carbocycles. The number of halogens is 3. The fraction of sp³-hybridized carbons (Fsp3) is 0.393. The zero-order valence-electron chi connectivity index (χ0n) is 20.6. The standard InChI is InChI=1S/C28H32F3N3O2/c1-19(2)16-24(32)23-17-21(28(29,30)31)10-11-25(23)33-12-14-34(15-13-33)27(35)18-36-26-9-5-7-20-6-3-4-8-22(20)26/h3-11,17,19,24H,12-16,18,32H2,1-2H3/t24-/m0/s1. The minimum Gasteiger partial charge on any atom is -0.483 e. The first kappa shape index (κ1) is 25.8. The van der Waals surface area contributed by atoms with Crippen LogP contribution in [0, 0.1) is 5.92 Å². The first-order chi connectivity index (χ1) is 17.1. The summed E-state index contributed by atoms with van der Waals surface area (Å²) in [7, 11) is 0. The summed E-state index contributed by atoms with van der Waals surface area (Å²) in [6.07, 6.45) is -3.85. The van der Waals surface area contributed by atoms with E-state index in [1.165, 1.54) is 12.1 Å². The molecule has 1 fully saturated rings. The summed E-state index contributed by atoms with van der Waals surface area (Å²) in [4.78, 5) is 16.6. The molecule has 192 valence electrons. The second-order valence-electron chi connectivity index (χ2n) is 9.64. The van der Waals surface area contributed by atoms with Crippen LogP contribution in [-0.4, -0.2) is 43.6 Å². The van der Waals surface area contributed by atoms with Gasteiger partial charge in [0.25, 0.3) is 5.91 Å². The van der Waals surface area contributed by atoms with E-state index >= 15 is 0 Å². The van der Waals surface area contributed by atoms with Crippen molar-refractivity contribution in [1.82, 2.24) is 4.90 Å². The highest BCUT2D eigenvalue weighted by Gasteiger charge is 2.33. The minimum atomic E-state index is -4.43. The molecule has 0 spiro atoms. The van der Waals surface area contributed by atoms with E-state index in [9.17, 15) is 18.0 Å². The third kappa shape index (κ3) is 5.93. The van der Waals surface area contributed by atoms with Gasteiger partial charge in [-0.3, -0.25) is 4.79 Å². The van der Waals surface area contributed by atoms with Gasteiger partial charge in [-0.2, -0.15) is 13.2 Å².